The zero-order valence-electron chi connectivity index (χ0n) is 53.8. The number of hydrogen-bond acceptors (Lipinski definition) is 4. The molecule has 0 saturated carbocycles. The SMILES string of the molecule is Cc1cc(C)cc(-c2cccc(-c3cc(C)cc(C)c3)c2-c2ccc3c(nc(-c4ccc5c(n4)-c4c(O)cccc4CC5)n3-c3c(C)cccc3C)c2-c2[c-]c(-c3c(-c4ccccc4)cccc3-c3cc(C(C)C)cc(C(C)C)c3)c3c(c2)oc2ccccc23)c1.[Pt]. The van der Waals surface area contributed by atoms with Gasteiger partial charge in [-0.15, -0.1) is 17.2 Å². The van der Waals surface area contributed by atoms with Gasteiger partial charge in [0.1, 0.15) is 17.0 Å². The van der Waals surface area contributed by atoms with E-state index < -0.39 is 0 Å². The maximum Gasteiger partial charge on any atom is 0.163 e. The Balaban J connectivity index is 0.00000735. The summed E-state index contributed by atoms with van der Waals surface area (Å²) < 4.78 is 9.62. The number of hydrogen-bond donors (Lipinski definition) is 1. The van der Waals surface area contributed by atoms with E-state index in [0.717, 1.165) is 163 Å². The monoisotopic (exact) mass is 1370 g/mol. The van der Waals surface area contributed by atoms with Crippen LogP contribution < -0.4 is 0 Å². The third-order valence-corrected chi connectivity index (χ3v) is 18.8. The number of benzene rings is 11. The molecule has 3 aromatic heterocycles. The Bertz CT molecular complexity index is 5120. The Labute approximate surface area is 554 Å². The summed E-state index contributed by atoms with van der Waals surface area (Å²) >= 11 is 0. The van der Waals surface area contributed by atoms with Gasteiger partial charge < -0.3 is 9.52 Å². The van der Waals surface area contributed by atoms with Crippen LogP contribution in [0.3, 0.4) is 0 Å². The second-order valence-corrected chi connectivity index (χ2v) is 26.1. The van der Waals surface area contributed by atoms with Crippen molar-refractivity contribution >= 4 is 33.0 Å². The molecule has 11 aromatic carbocycles. The maximum absolute atomic E-state index is 11.6. The first-order valence-electron chi connectivity index (χ1n) is 32.1. The van der Waals surface area contributed by atoms with E-state index in [9.17, 15) is 5.11 Å². The minimum Gasteiger partial charge on any atom is -0.507 e. The number of aromatic nitrogens is 3. The minimum absolute atomic E-state index is 0. The minimum atomic E-state index is 0. The Morgan fingerprint density at radius 1 is 0.457 bits per heavy atom. The number of para-hydroxylation sites is 2. The van der Waals surface area contributed by atoms with Crippen molar-refractivity contribution in [2.45, 2.75) is 93.9 Å². The number of rotatable bonds is 11. The summed E-state index contributed by atoms with van der Waals surface area (Å²) in [5.41, 5.74) is 33.2. The summed E-state index contributed by atoms with van der Waals surface area (Å²) in [6, 6.07) is 81.9. The number of phenols is 1. The smallest absolute Gasteiger partial charge is 0.163 e. The molecule has 0 fully saturated rings. The van der Waals surface area contributed by atoms with Crippen LogP contribution in [0.5, 0.6) is 5.75 Å². The van der Waals surface area contributed by atoms with Crippen molar-refractivity contribution in [3.63, 3.8) is 0 Å². The van der Waals surface area contributed by atoms with Crippen molar-refractivity contribution < 1.29 is 30.6 Å². The molecule has 92 heavy (non-hydrogen) atoms. The van der Waals surface area contributed by atoms with Crippen LogP contribution in [-0.2, 0) is 33.9 Å². The zero-order chi connectivity index (χ0) is 62.5. The fraction of sp³-hybridized carbons (Fsp3) is 0.163. The average Bonchev–Trinajstić information content (AvgIpc) is 1.46. The van der Waals surface area contributed by atoms with E-state index in [0.29, 0.717) is 23.4 Å². The van der Waals surface area contributed by atoms with Crippen molar-refractivity contribution in [2.75, 3.05) is 0 Å². The predicted molar refractivity (Wildman–Crippen MR) is 380 cm³/mol. The molecule has 1 N–H and O–H groups in total. The second-order valence-electron chi connectivity index (χ2n) is 26.1. The van der Waals surface area contributed by atoms with Gasteiger partial charge in [-0.2, -0.15) is 0 Å². The molecule has 0 aliphatic heterocycles. The van der Waals surface area contributed by atoms with Gasteiger partial charge in [0, 0.05) is 26.6 Å². The van der Waals surface area contributed by atoms with Crippen LogP contribution in [0.1, 0.15) is 95.2 Å². The number of nitrogens with zero attached hydrogens (tertiary/aromatic N) is 3. The number of aromatic hydroxyl groups is 1. The molecular formula is C86H72N3O2Pt-. The molecule has 5 nitrogen and oxygen atoms in total. The van der Waals surface area contributed by atoms with Crippen LogP contribution in [0.25, 0.3) is 139 Å². The Hall–Kier alpha value is -9.67. The largest absolute Gasteiger partial charge is 0.507 e. The third-order valence-electron chi connectivity index (χ3n) is 18.8. The van der Waals surface area contributed by atoms with Crippen molar-refractivity contribution in [1.29, 1.82) is 0 Å². The molecule has 1 aliphatic rings. The molecule has 0 bridgehead atoms. The molecule has 1 aliphatic carbocycles. The summed E-state index contributed by atoms with van der Waals surface area (Å²) in [7, 11) is 0. The first-order chi connectivity index (χ1) is 44.1. The molecule has 0 spiro atoms. The van der Waals surface area contributed by atoms with E-state index in [4.69, 9.17) is 14.4 Å². The molecule has 14 aromatic rings. The van der Waals surface area contributed by atoms with Gasteiger partial charge in [-0.25, -0.2) is 9.97 Å². The number of furan rings is 1. The van der Waals surface area contributed by atoms with E-state index >= 15 is 0 Å². The third kappa shape index (κ3) is 10.4. The number of aryl methyl sites for hydroxylation is 8. The first-order valence-corrected chi connectivity index (χ1v) is 32.1. The topological polar surface area (TPSA) is 64.1 Å². The van der Waals surface area contributed by atoms with Gasteiger partial charge in [0.25, 0.3) is 0 Å². The number of fused-ring (bicyclic) bond motifs is 7. The van der Waals surface area contributed by atoms with E-state index in [-0.39, 0.29) is 26.8 Å². The second kappa shape index (κ2) is 23.9. The quantitative estimate of drug-likeness (QED) is 0.131. The van der Waals surface area contributed by atoms with Gasteiger partial charge in [0.05, 0.1) is 28.0 Å². The van der Waals surface area contributed by atoms with E-state index in [2.05, 4.69) is 280 Å². The molecular weight excluding hydrogens is 1300 g/mol. The predicted octanol–water partition coefficient (Wildman–Crippen LogP) is 23.0. The molecule has 0 saturated heterocycles. The fourth-order valence-electron chi connectivity index (χ4n) is 14.7. The standard InChI is InChI=1S/C86H72N3O2.Pt/c1-49(2)60-44-61(50(3)4)46-64(45-60)69-29-18-26-66(57-22-12-11-13-23-57)81(69)72-47-65(48-77-82(72)70-25-14-15-31-76(70)91-77)78-71(80-67(62-40-51(5)38-52(6)41-62)27-19-28-68(80)63-42-53(7)39-54(8)43-63)35-37-74-84(78)88-86(89(74)85-55(9)20-16-21-56(85)10)73-36-34-59-33-32-58-24-17-30-75(90)79(58)83(59)87-73;/h11-31,34-46,48-50,90H,32-33H2,1-10H3;/q-1;. The molecule has 0 radical (unpaired) electrons. The molecule has 454 valence electrons. The summed E-state index contributed by atoms with van der Waals surface area (Å²) in [4.78, 5) is 11.7. The summed E-state index contributed by atoms with van der Waals surface area (Å²) in [6.07, 6.45) is 1.65. The maximum atomic E-state index is 11.6. The van der Waals surface area contributed by atoms with Crippen molar-refractivity contribution in [2.24, 2.45) is 0 Å². The molecule has 0 atom stereocenters. The van der Waals surface area contributed by atoms with E-state index in [1.807, 2.05) is 6.07 Å². The van der Waals surface area contributed by atoms with Crippen LogP contribution in [0.2, 0.25) is 0 Å². The number of phenolic OH excluding ortho intramolecular Hbond substituents is 1. The van der Waals surface area contributed by atoms with Crippen LogP contribution in [0, 0.1) is 47.6 Å². The van der Waals surface area contributed by atoms with Crippen molar-refractivity contribution in [1.82, 2.24) is 14.5 Å². The number of pyridine rings is 1. The summed E-state index contributed by atoms with van der Waals surface area (Å²) in [6.45, 7) is 22.3. The van der Waals surface area contributed by atoms with Gasteiger partial charge in [0.15, 0.2) is 5.82 Å². The first kappa shape index (κ1) is 59.9. The van der Waals surface area contributed by atoms with Gasteiger partial charge >= 0.3 is 0 Å². The molecule has 0 amide bonds. The van der Waals surface area contributed by atoms with Crippen molar-refractivity contribution in [3.05, 3.63) is 274 Å². The summed E-state index contributed by atoms with van der Waals surface area (Å²) in [5, 5.41) is 13.7. The van der Waals surface area contributed by atoms with Crippen LogP contribution in [0.15, 0.2) is 217 Å². The average molecular weight is 1370 g/mol. The van der Waals surface area contributed by atoms with Crippen LogP contribution in [0.4, 0.5) is 0 Å². The van der Waals surface area contributed by atoms with E-state index in [1.54, 1.807) is 6.07 Å². The Kier molecular flexibility index (Phi) is 15.5. The number of imidazole rings is 1. The molecule has 3 heterocycles. The molecule has 15 rings (SSSR count). The van der Waals surface area contributed by atoms with Crippen LogP contribution in [-0.4, -0.2) is 19.6 Å². The Morgan fingerprint density at radius 3 is 1.66 bits per heavy atom. The van der Waals surface area contributed by atoms with Crippen LogP contribution >= 0.6 is 0 Å². The fourth-order valence-corrected chi connectivity index (χ4v) is 14.7. The normalized spacial score (nSPS) is 12.1. The molecule has 0 unspecified atom stereocenters. The van der Waals surface area contributed by atoms with Crippen molar-refractivity contribution in [3.8, 4) is 112 Å². The van der Waals surface area contributed by atoms with E-state index in [1.165, 1.54) is 33.4 Å². The molecule has 6 heteroatoms. The van der Waals surface area contributed by atoms with Gasteiger partial charge in [0.2, 0.25) is 0 Å². The van der Waals surface area contributed by atoms with Gasteiger partial charge in [-0.3, -0.25) is 4.57 Å². The van der Waals surface area contributed by atoms with Gasteiger partial charge in [-0.05, 0) is 196 Å². The Morgan fingerprint density at radius 2 is 1.02 bits per heavy atom. The summed E-state index contributed by atoms with van der Waals surface area (Å²) in [5.74, 6) is 1.55. The van der Waals surface area contributed by atoms with Gasteiger partial charge in [-0.1, -0.05) is 244 Å². The zero-order valence-corrected chi connectivity index (χ0v) is 56.1.